The molecule has 0 spiro atoms. The van der Waals surface area contributed by atoms with Gasteiger partial charge in [0.15, 0.2) is 0 Å². The van der Waals surface area contributed by atoms with Crippen LogP contribution in [-0.2, 0) is 12.6 Å². The lowest BCUT2D eigenvalue weighted by Crippen LogP contribution is -2.24. The van der Waals surface area contributed by atoms with E-state index >= 15 is 0 Å². The summed E-state index contributed by atoms with van der Waals surface area (Å²) in [5, 5.41) is 0. The first-order valence-corrected chi connectivity index (χ1v) is 6.46. The molecule has 2 N–H and O–H groups in total. The minimum atomic E-state index is -4.34. The first kappa shape index (κ1) is 15.8. The maximum absolute atomic E-state index is 13.1. The molecule has 1 unspecified atom stereocenters. The standard InChI is InChI=1S/C14H21F3N2/c1-4-11(18)8-10-6-7-12(19(3)5-2)9-13(10)14(15,16)17/h6-7,9,11H,4-5,8,18H2,1-3H3. The van der Waals surface area contributed by atoms with Gasteiger partial charge < -0.3 is 10.6 Å². The lowest BCUT2D eigenvalue weighted by atomic mass is 9.98. The lowest BCUT2D eigenvalue weighted by Gasteiger charge is -2.21. The Hall–Kier alpha value is -1.23. The van der Waals surface area contributed by atoms with Crippen molar-refractivity contribution in [3.8, 4) is 0 Å². The molecular formula is C14H21F3N2. The van der Waals surface area contributed by atoms with E-state index in [1.54, 1.807) is 24.1 Å². The molecule has 0 aromatic heterocycles. The maximum atomic E-state index is 13.1. The van der Waals surface area contributed by atoms with Gasteiger partial charge in [0.05, 0.1) is 5.56 Å². The van der Waals surface area contributed by atoms with Crippen molar-refractivity contribution in [1.29, 1.82) is 0 Å². The SMILES string of the molecule is CCC(N)Cc1ccc(N(C)CC)cc1C(F)(F)F. The highest BCUT2D eigenvalue weighted by atomic mass is 19.4. The summed E-state index contributed by atoms with van der Waals surface area (Å²) in [4.78, 5) is 1.78. The Morgan fingerprint density at radius 2 is 1.89 bits per heavy atom. The van der Waals surface area contributed by atoms with Gasteiger partial charge in [0, 0.05) is 25.3 Å². The summed E-state index contributed by atoms with van der Waals surface area (Å²) in [5.74, 6) is 0. The van der Waals surface area contributed by atoms with Gasteiger partial charge in [-0.1, -0.05) is 13.0 Å². The van der Waals surface area contributed by atoms with Crippen LogP contribution in [0.3, 0.4) is 0 Å². The lowest BCUT2D eigenvalue weighted by molar-refractivity contribution is -0.138. The molecule has 1 rings (SSSR count). The van der Waals surface area contributed by atoms with Gasteiger partial charge in [0.25, 0.3) is 0 Å². The van der Waals surface area contributed by atoms with E-state index in [0.717, 1.165) is 0 Å². The van der Waals surface area contributed by atoms with Crippen molar-refractivity contribution in [3.63, 3.8) is 0 Å². The third-order valence-corrected chi connectivity index (χ3v) is 3.32. The zero-order chi connectivity index (χ0) is 14.6. The van der Waals surface area contributed by atoms with Crippen molar-refractivity contribution in [2.45, 2.75) is 38.9 Å². The molecule has 5 heteroatoms. The van der Waals surface area contributed by atoms with E-state index < -0.39 is 11.7 Å². The van der Waals surface area contributed by atoms with E-state index in [4.69, 9.17) is 5.73 Å². The Bertz CT molecular complexity index is 416. The Labute approximate surface area is 112 Å². The molecule has 0 heterocycles. The van der Waals surface area contributed by atoms with Gasteiger partial charge in [0.2, 0.25) is 0 Å². The number of alkyl halides is 3. The van der Waals surface area contributed by atoms with Crippen molar-refractivity contribution < 1.29 is 13.2 Å². The average molecular weight is 274 g/mol. The molecule has 1 atom stereocenters. The van der Waals surface area contributed by atoms with Gasteiger partial charge in [-0.2, -0.15) is 13.2 Å². The highest BCUT2D eigenvalue weighted by Gasteiger charge is 2.34. The number of nitrogens with zero attached hydrogens (tertiary/aromatic N) is 1. The second-order valence-corrected chi connectivity index (χ2v) is 4.73. The monoisotopic (exact) mass is 274 g/mol. The second kappa shape index (κ2) is 6.28. The molecule has 1 aromatic carbocycles. The van der Waals surface area contributed by atoms with Crippen molar-refractivity contribution in [2.75, 3.05) is 18.5 Å². The minimum absolute atomic E-state index is 0.240. The quantitative estimate of drug-likeness (QED) is 0.891. The molecular weight excluding hydrogens is 253 g/mol. The van der Waals surface area contributed by atoms with Gasteiger partial charge >= 0.3 is 6.18 Å². The molecule has 0 bridgehead atoms. The first-order valence-electron chi connectivity index (χ1n) is 6.46. The predicted molar refractivity (Wildman–Crippen MR) is 72.4 cm³/mol. The van der Waals surface area contributed by atoms with Crippen LogP contribution >= 0.6 is 0 Å². The molecule has 2 nitrogen and oxygen atoms in total. The van der Waals surface area contributed by atoms with Crippen molar-refractivity contribution >= 4 is 5.69 Å². The van der Waals surface area contributed by atoms with Gasteiger partial charge in [-0.25, -0.2) is 0 Å². The third kappa shape index (κ3) is 4.13. The summed E-state index contributed by atoms with van der Waals surface area (Å²) in [6.45, 7) is 4.43. The number of nitrogens with two attached hydrogens (primary N) is 1. The second-order valence-electron chi connectivity index (χ2n) is 4.73. The zero-order valence-corrected chi connectivity index (χ0v) is 11.6. The van der Waals surface area contributed by atoms with Gasteiger partial charge in [-0.3, -0.25) is 0 Å². The number of benzene rings is 1. The van der Waals surface area contributed by atoms with Crippen LogP contribution in [0.25, 0.3) is 0 Å². The highest BCUT2D eigenvalue weighted by molar-refractivity contribution is 5.51. The molecule has 0 fully saturated rings. The zero-order valence-electron chi connectivity index (χ0n) is 11.6. The fourth-order valence-electron chi connectivity index (χ4n) is 1.85. The molecule has 0 saturated carbocycles. The van der Waals surface area contributed by atoms with Crippen LogP contribution in [0.2, 0.25) is 0 Å². The maximum Gasteiger partial charge on any atom is 0.416 e. The van der Waals surface area contributed by atoms with Gasteiger partial charge in [0.1, 0.15) is 0 Å². The number of hydrogen-bond acceptors (Lipinski definition) is 2. The normalized spacial score (nSPS) is 13.4. The summed E-state index contributed by atoms with van der Waals surface area (Å²) in [6.07, 6.45) is -3.43. The van der Waals surface area contributed by atoms with Crippen LogP contribution in [-0.4, -0.2) is 19.6 Å². The summed E-state index contributed by atoms with van der Waals surface area (Å²) in [7, 11) is 1.77. The van der Waals surface area contributed by atoms with Crippen LogP contribution in [0.15, 0.2) is 18.2 Å². The molecule has 0 radical (unpaired) electrons. The minimum Gasteiger partial charge on any atom is -0.375 e. The molecule has 0 aliphatic heterocycles. The number of rotatable bonds is 5. The summed E-state index contributed by atoms with van der Waals surface area (Å²) < 4.78 is 39.3. The molecule has 1 aromatic rings. The third-order valence-electron chi connectivity index (χ3n) is 3.32. The number of hydrogen-bond donors (Lipinski definition) is 1. The smallest absolute Gasteiger partial charge is 0.375 e. The van der Waals surface area contributed by atoms with Crippen LogP contribution < -0.4 is 10.6 Å². The molecule has 0 aliphatic carbocycles. The Morgan fingerprint density at radius 1 is 1.26 bits per heavy atom. The predicted octanol–water partition coefficient (Wildman–Crippen LogP) is 3.44. The fourth-order valence-corrected chi connectivity index (χ4v) is 1.85. The van der Waals surface area contributed by atoms with E-state index in [9.17, 15) is 13.2 Å². The van der Waals surface area contributed by atoms with E-state index in [2.05, 4.69) is 0 Å². The van der Waals surface area contributed by atoms with Crippen LogP contribution in [0.1, 0.15) is 31.4 Å². The average Bonchev–Trinajstić information content (AvgIpc) is 2.36. The van der Waals surface area contributed by atoms with Crippen LogP contribution in [0, 0.1) is 0 Å². The van der Waals surface area contributed by atoms with Crippen LogP contribution in [0.5, 0.6) is 0 Å². The van der Waals surface area contributed by atoms with Gasteiger partial charge in [-0.05, 0) is 37.5 Å². The summed E-state index contributed by atoms with van der Waals surface area (Å²) >= 11 is 0. The Morgan fingerprint density at radius 3 is 2.37 bits per heavy atom. The first-order chi connectivity index (χ1) is 8.79. The van der Waals surface area contributed by atoms with E-state index in [1.807, 2.05) is 13.8 Å². The molecule has 19 heavy (non-hydrogen) atoms. The highest BCUT2D eigenvalue weighted by Crippen LogP contribution is 2.35. The molecule has 0 saturated heterocycles. The fraction of sp³-hybridized carbons (Fsp3) is 0.571. The van der Waals surface area contributed by atoms with E-state index in [-0.39, 0.29) is 18.0 Å². The topological polar surface area (TPSA) is 29.3 Å². The Kier molecular flexibility index (Phi) is 5.23. The molecule has 0 amide bonds. The van der Waals surface area contributed by atoms with Crippen molar-refractivity contribution in [2.24, 2.45) is 5.73 Å². The molecule has 0 aliphatic rings. The summed E-state index contributed by atoms with van der Waals surface area (Å²) in [5.41, 5.74) is 6.03. The van der Waals surface area contributed by atoms with Crippen LogP contribution in [0.4, 0.5) is 18.9 Å². The van der Waals surface area contributed by atoms with E-state index in [0.29, 0.717) is 18.7 Å². The summed E-state index contributed by atoms with van der Waals surface area (Å²) in [6, 6.07) is 4.23. The molecule has 108 valence electrons. The van der Waals surface area contributed by atoms with Gasteiger partial charge in [-0.15, -0.1) is 0 Å². The van der Waals surface area contributed by atoms with E-state index in [1.165, 1.54) is 6.07 Å². The van der Waals surface area contributed by atoms with Crippen molar-refractivity contribution in [1.82, 2.24) is 0 Å². The Balaban J connectivity index is 3.17. The number of anilines is 1. The largest absolute Gasteiger partial charge is 0.416 e. The van der Waals surface area contributed by atoms with Crippen molar-refractivity contribution in [3.05, 3.63) is 29.3 Å². The number of halogens is 3.